The van der Waals surface area contributed by atoms with Crippen LogP contribution >= 0.6 is 0 Å². The fourth-order valence-electron chi connectivity index (χ4n) is 3.39. The van der Waals surface area contributed by atoms with Gasteiger partial charge in [-0.1, -0.05) is 50.6 Å². The van der Waals surface area contributed by atoms with Crippen LogP contribution in [0.4, 0.5) is 0 Å². The number of rotatable bonds is 7. The first-order chi connectivity index (χ1) is 10.7. The van der Waals surface area contributed by atoms with Crippen molar-refractivity contribution in [3.63, 3.8) is 0 Å². The number of hydrogen-bond donors (Lipinski definition) is 0. The van der Waals surface area contributed by atoms with E-state index in [1.807, 2.05) is 18.2 Å². The Morgan fingerprint density at radius 3 is 2.27 bits per heavy atom. The first-order valence-electron chi connectivity index (χ1n) is 8.68. The van der Waals surface area contributed by atoms with E-state index < -0.39 is 0 Å². The van der Waals surface area contributed by atoms with Crippen molar-refractivity contribution in [2.45, 2.75) is 39.2 Å². The van der Waals surface area contributed by atoms with Crippen LogP contribution in [0.5, 0.6) is 0 Å². The van der Waals surface area contributed by atoms with Crippen molar-refractivity contribution in [3.05, 3.63) is 35.9 Å². The lowest BCUT2D eigenvalue weighted by atomic mass is 9.87. The maximum atomic E-state index is 13.2. The summed E-state index contributed by atoms with van der Waals surface area (Å²) in [5.74, 6) is 0.606. The third-order valence-corrected chi connectivity index (χ3v) is 4.82. The lowest BCUT2D eigenvalue weighted by molar-refractivity contribution is -0.129. The summed E-state index contributed by atoms with van der Waals surface area (Å²) in [5.41, 5.74) is 1.16. The molecule has 0 radical (unpaired) electrons. The Labute approximate surface area is 135 Å². The van der Waals surface area contributed by atoms with Crippen molar-refractivity contribution >= 4 is 5.78 Å². The van der Waals surface area contributed by atoms with Crippen molar-refractivity contribution in [3.8, 4) is 0 Å². The molecule has 2 unspecified atom stereocenters. The van der Waals surface area contributed by atoms with Crippen molar-refractivity contribution in [1.29, 1.82) is 0 Å². The maximum Gasteiger partial charge on any atom is 0.157 e. The lowest BCUT2D eigenvalue weighted by Crippen LogP contribution is -2.48. The molecular weight excluding hydrogens is 272 g/mol. The number of benzene rings is 1. The number of likely N-dealkylation sites (N-methyl/N-ethyl adjacent to an activating group) is 1. The molecule has 2 atom stereocenters. The third-order valence-electron chi connectivity index (χ3n) is 4.82. The standard InChI is InChI=1S/C19H30N2O/c1-4-9-16(5-2)19(22)18(17-10-7-6-8-11-17)21-14-12-20(3)13-15-21/h6-8,10-11,16,18H,4-5,9,12-15H2,1-3H3. The van der Waals surface area contributed by atoms with E-state index in [9.17, 15) is 4.79 Å². The second-order valence-corrected chi connectivity index (χ2v) is 6.45. The first-order valence-corrected chi connectivity index (χ1v) is 8.68. The number of carbonyl (C=O) groups excluding carboxylic acids is 1. The van der Waals surface area contributed by atoms with Crippen LogP contribution in [0.25, 0.3) is 0 Å². The molecule has 1 fully saturated rings. The van der Waals surface area contributed by atoms with Gasteiger partial charge in [-0.2, -0.15) is 0 Å². The van der Waals surface area contributed by atoms with Gasteiger partial charge < -0.3 is 4.90 Å². The van der Waals surface area contributed by atoms with E-state index in [-0.39, 0.29) is 12.0 Å². The van der Waals surface area contributed by atoms with Crippen LogP contribution in [0.3, 0.4) is 0 Å². The van der Waals surface area contributed by atoms with Gasteiger partial charge in [0.15, 0.2) is 5.78 Å². The molecule has 0 bridgehead atoms. The molecule has 1 aromatic carbocycles. The summed E-state index contributed by atoms with van der Waals surface area (Å²) in [6.07, 6.45) is 3.03. The van der Waals surface area contributed by atoms with Gasteiger partial charge >= 0.3 is 0 Å². The van der Waals surface area contributed by atoms with Gasteiger partial charge in [-0.25, -0.2) is 0 Å². The van der Waals surface area contributed by atoms with Gasteiger partial charge in [0, 0.05) is 32.1 Å². The second kappa shape index (κ2) is 8.44. The molecule has 0 aliphatic carbocycles. The molecule has 1 heterocycles. The highest BCUT2D eigenvalue weighted by Gasteiger charge is 2.32. The van der Waals surface area contributed by atoms with Crippen molar-refractivity contribution in [2.24, 2.45) is 5.92 Å². The average molecular weight is 302 g/mol. The second-order valence-electron chi connectivity index (χ2n) is 6.45. The van der Waals surface area contributed by atoms with E-state index in [4.69, 9.17) is 0 Å². The fourth-order valence-corrected chi connectivity index (χ4v) is 3.39. The summed E-state index contributed by atoms with van der Waals surface area (Å²) in [6, 6.07) is 10.3. The van der Waals surface area contributed by atoms with Crippen LogP contribution in [0.15, 0.2) is 30.3 Å². The molecule has 2 rings (SSSR count). The number of Topliss-reactive ketones (excluding diaryl/α,β-unsaturated/α-hetero) is 1. The topological polar surface area (TPSA) is 23.6 Å². The molecule has 0 amide bonds. The van der Waals surface area contributed by atoms with Crippen LogP contribution in [-0.2, 0) is 4.79 Å². The van der Waals surface area contributed by atoms with Gasteiger partial charge in [-0.3, -0.25) is 9.69 Å². The molecule has 0 spiro atoms. The van der Waals surface area contributed by atoms with Gasteiger partial charge in [0.05, 0.1) is 6.04 Å². The summed E-state index contributed by atoms with van der Waals surface area (Å²) < 4.78 is 0. The minimum absolute atomic E-state index is 0.0635. The molecule has 0 aromatic heterocycles. The van der Waals surface area contributed by atoms with Crippen LogP contribution in [-0.4, -0.2) is 48.8 Å². The quantitative estimate of drug-likeness (QED) is 0.771. The van der Waals surface area contributed by atoms with E-state index in [1.165, 1.54) is 0 Å². The largest absolute Gasteiger partial charge is 0.304 e. The fraction of sp³-hybridized carbons (Fsp3) is 0.632. The molecule has 22 heavy (non-hydrogen) atoms. The van der Waals surface area contributed by atoms with Gasteiger partial charge in [-0.15, -0.1) is 0 Å². The zero-order chi connectivity index (χ0) is 15.9. The van der Waals surface area contributed by atoms with E-state index in [1.54, 1.807) is 0 Å². The molecular formula is C19H30N2O. The van der Waals surface area contributed by atoms with Crippen LogP contribution in [0.2, 0.25) is 0 Å². The van der Waals surface area contributed by atoms with E-state index in [2.05, 4.69) is 42.8 Å². The number of carbonyl (C=O) groups is 1. The highest BCUT2D eigenvalue weighted by atomic mass is 16.1. The molecule has 122 valence electrons. The number of piperazine rings is 1. The van der Waals surface area contributed by atoms with Crippen molar-refractivity contribution in [2.75, 3.05) is 33.2 Å². The third kappa shape index (κ3) is 4.17. The minimum atomic E-state index is -0.0635. The van der Waals surface area contributed by atoms with E-state index in [0.717, 1.165) is 51.0 Å². The monoisotopic (exact) mass is 302 g/mol. The zero-order valence-electron chi connectivity index (χ0n) is 14.3. The number of ketones is 1. The van der Waals surface area contributed by atoms with E-state index in [0.29, 0.717) is 5.78 Å². The number of hydrogen-bond acceptors (Lipinski definition) is 3. The zero-order valence-corrected chi connectivity index (χ0v) is 14.3. The maximum absolute atomic E-state index is 13.2. The van der Waals surface area contributed by atoms with Crippen molar-refractivity contribution in [1.82, 2.24) is 9.80 Å². The smallest absolute Gasteiger partial charge is 0.157 e. The molecule has 1 aliphatic rings. The highest BCUT2D eigenvalue weighted by molar-refractivity contribution is 5.87. The predicted octanol–water partition coefficient (Wildman–Crippen LogP) is 3.37. The van der Waals surface area contributed by atoms with Crippen LogP contribution in [0, 0.1) is 5.92 Å². The summed E-state index contributed by atoms with van der Waals surface area (Å²) in [5, 5.41) is 0. The molecule has 3 nitrogen and oxygen atoms in total. The SMILES string of the molecule is CCCC(CC)C(=O)C(c1ccccc1)N1CCN(C)CC1. The van der Waals surface area contributed by atoms with Crippen LogP contribution < -0.4 is 0 Å². The van der Waals surface area contributed by atoms with Crippen LogP contribution in [0.1, 0.15) is 44.7 Å². The van der Waals surface area contributed by atoms with Gasteiger partial charge in [0.2, 0.25) is 0 Å². The molecule has 1 aromatic rings. The average Bonchev–Trinajstić information content (AvgIpc) is 2.55. The minimum Gasteiger partial charge on any atom is -0.304 e. The summed E-state index contributed by atoms with van der Waals surface area (Å²) in [6.45, 7) is 8.35. The lowest BCUT2D eigenvalue weighted by Gasteiger charge is -2.38. The van der Waals surface area contributed by atoms with Gasteiger partial charge in [-0.05, 0) is 25.5 Å². The Hall–Kier alpha value is -1.19. The Kier molecular flexibility index (Phi) is 6.59. The molecule has 3 heteroatoms. The van der Waals surface area contributed by atoms with Gasteiger partial charge in [0.1, 0.15) is 0 Å². The van der Waals surface area contributed by atoms with Crippen molar-refractivity contribution < 1.29 is 4.79 Å². The van der Waals surface area contributed by atoms with Gasteiger partial charge in [0.25, 0.3) is 0 Å². The Balaban J connectivity index is 2.23. The summed E-state index contributed by atoms with van der Waals surface area (Å²) >= 11 is 0. The first kappa shape index (κ1) is 17.2. The Morgan fingerprint density at radius 1 is 1.09 bits per heavy atom. The molecule has 1 saturated heterocycles. The number of nitrogens with zero attached hydrogens (tertiary/aromatic N) is 2. The summed E-state index contributed by atoms with van der Waals surface area (Å²) in [4.78, 5) is 17.9. The normalized spacial score (nSPS) is 19.8. The molecule has 0 N–H and O–H groups in total. The molecule has 0 saturated carbocycles. The Bertz CT molecular complexity index is 452. The predicted molar refractivity (Wildman–Crippen MR) is 91.9 cm³/mol. The highest BCUT2D eigenvalue weighted by Crippen LogP contribution is 2.28. The Morgan fingerprint density at radius 2 is 1.73 bits per heavy atom. The van der Waals surface area contributed by atoms with E-state index >= 15 is 0 Å². The summed E-state index contributed by atoms with van der Waals surface area (Å²) in [7, 11) is 2.16. The molecule has 1 aliphatic heterocycles.